The summed E-state index contributed by atoms with van der Waals surface area (Å²) >= 11 is 10.5. The first-order valence-electron chi connectivity index (χ1n) is 3.80. The van der Waals surface area contributed by atoms with Crippen LogP contribution < -0.4 is 0 Å². The zero-order valence-corrected chi connectivity index (χ0v) is 9.99. The van der Waals surface area contributed by atoms with Gasteiger partial charge in [-0.15, -0.1) is 0 Å². The van der Waals surface area contributed by atoms with Crippen LogP contribution in [0.2, 0.25) is 0 Å². The Morgan fingerprint density at radius 1 is 1.21 bits per heavy atom. The van der Waals surface area contributed by atoms with Crippen molar-refractivity contribution < 1.29 is 8.42 Å². The summed E-state index contributed by atoms with van der Waals surface area (Å²) in [4.78, 5) is 0.119. The third-order valence-electron chi connectivity index (χ3n) is 1.79. The number of hydrogen-bond donors (Lipinski definition) is 0. The van der Waals surface area contributed by atoms with Crippen LogP contribution in [0, 0.1) is 13.8 Å². The Balaban J connectivity index is 3.35. The fourth-order valence-corrected chi connectivity index (χ4v) is 2.46. The number of benzene rings is 1. The topological polar surface area (TPSA) is 37.4 Å². The average Bonchev–Trinajstić information content (AvgIpc) is 2.02. The van der Waals surface area contributed by atoms with E-state index in [2.05, 4.69) is 0 Å². The van der Waals surface area contributed by atoms with Gasteiger partial charge in [-0.25, -0.2) is 8.42 Å². The van der Waals surface area contributed by atoms with Gasteiger partial charge in [-0.3, -0.25) is 0 Å². The largest absolute Gasteiger partial charge is 0.270 e. The number of rotatable bonds is 2. The maximum absolute atomic E-state index is 11.5. The molecule has 3 nitrogen and oxygen atoms in total. The van der Waals surface area contributed by atoms with Gasteiger partial charge in [-0.2, -0.15) is 0 Å². The molecule has 0 bridgehead atoms. The highest BCUT2D eigenvalue weighted by atomic mass is 35.5. The summed E-state index contributed by atoms with van der Waals surface area (Å²) in [6, 6.07) is 4.93. The second-order valence-electron chi connectivity index (χ2n) is 2.95. The fraction of sp³-hybridized carbons (Fsp3) is 0.250. The van der Waals surface area contributed by atoms with Gasteiger partial charge in [-0.05, 0) is 28.8 Å². The maximum atomic E-state index is 11.5. The molecule has 0 aliphatic heterocycles. The van der Waals surface area contributed by atoms with Crippen molar-refractivity contribution in [3.63, 3.8) is 0 Å². The molecule has 0 saturated heterocycles. The third-order valence-corrected chi connectivity index (χ3v) is 4.26. The summed E-state index contributed by atoms with van der Waals surface area (Å²) < 4.78 is 23.2. The van der Waals surface area contributed by atoms with Crippen LogP contribution in [0.5, 0.6) is 0 Å². The normalized spacial score (nSPS) is 12.1. The quantitative estimate of drug-likeness (QED) is 0.761. The highest BCUT2D eigenvalue weighted by molar-refractivity contribution is 7.91. The van der Waals surface area contributed by atoms with Crippen LogP contribution in [0.15, 0.2) is 23.1 Å². The molecule has 0 radical (unpaired) electrons. The molecule has 0 aliphatic carbocycles. The first kappa shape index (κ1) is 11.8. The van der Waals surface area contributed by atoms with E-state index in [9.17, 15) is 8.42 Å². The molecule has 1 aromatic carbocycles. The van der Waals surface area contributed by atoms with E-state index in [0.29, 0.717) is 5.56 Å². The van der Waals surface area contributed by atoms with Gasteiger partial charge >= 0.3 is 0 Å². The monoisotopic (exact) mass is 253 g/mol. The lowest BCUT2D eigenvalue weighted by molar-refractivity contribution is 0.579. The first-order valence-corrected chi connectivity index (χ1v) is 5.91. The summed E-state index contributed by atoms with van der Waals surface area (Å²) in [5.74, 6) is 0. The second kappa shape index (κ2) is 4.06. The molecule has 0 amide bonds. The molecule has 0 unspecified atom stereocenters. The lowest BCUT2D eigenvalue weighted by atomic mass is 10.2. The number of nitrogens with zero attached hydrogens (tertiary/aromatic N) is 1. The Morgan fingerprint density at radius 2 is 1.79 bits per heavy atom. The molecule has 0 N–H and O–H groups in total. The zero-order valence-electron chi connectivity index (χ0n) is 7.66. The fourth-order valence-electron chi connectivity index (χ4n) is 1.16. The maximum Gasteiger partial charge on any atom is 0.270 e. The van der Waals surface area contributed by atoms with Gasteiger partial charge in [0, 0.05) is 23.6 Å². The first-order chi connectivity index (χ1) is 6.35. The Morgan fingerprint density at radius 3 is 2.21 bits per heavy atom. The molecule has 0 aliphatic rings. The van der Waals surface area contributed by atoms with Gasteiger partial charge in [0.1, 0.15) is 0 Å². The smallest absolute Gasteiger partial charge is 0.204 e. The van der Waals surface area contributed by atoms with Crippen LogP contribution in [0.25, 0.3) is 0 Å². The van der Waals surface area contributed by atoms with Crippen molar-refractivity contribution in [2.75, 3.05) is 0 Å². The van der Waals surface area contributed by atoms with Crippen molar-refractivity contribution in [3.05, 3.63) is 29.3 Å². The molecule has 1 rings (SSSR count). The zero-order chi connectivity index (χ0) is 10.9. The molecule has 0 heterocycles. The molecule has 0 atom stereocenters. The minimum Gasteiger partial charge on any atom is -0.204 e. The molecule has 1 aromatic rings. The van der Waals surface area contributed by atoms with Crippen molar-refractivity contribution in [1.29, 1.82) is 0 Å². The average molecular weight is 254 g/mol. The standard InChI is InChI=1S/C8H9Cl2NO2S/c1-6-3-4-8(7(2)5-6)14(12,13)11(9)10/h3-5H,1-2H3. The molecular formula is C8H9Cl2NO2S. The molecule has 14 heavy (non-hydrogen) atoms. The predicted octanol–water partition coefficient (Wildman–Crippen LogP) is 2.60. The van der Waals surface area contributed by atoms with E-state index < -0.39 is 10.0 Å². The van der Waals surface area contributed by atoms with E-state index in [-0.39, 0.29) is 8.24 Å². The Bertz CT molecular complexity index is 443. The molecule has 78 valence electrons. The lowest BCUT2D eigenvalue weighted by Gasteiger charge is -2.09. The Hall–Kier alpha value is -0.290. The van der Waals surface area contributed by atoms with Crippen molar-refractivity contribution in [2.24, 2.45) is 0 Å². The van der Waals surface area contributed by atoms with Crippen LogP contribution in [0.4, 0.5) is 0 Å². The number of aryl methyl sites for hydroxylation is 2. The summed E-state index contributed by atoms with van der Waals surface area (Å²) in [6.45, 7) is 3.57. The summed E-state index contributed by atoms with van der Waals surface area (Å²) in [5, 5.41) is 0. The van der Waals surface area contributed by atoms with Crippen LogP contribution in [-0.4, -0.2) is 11.8 Å². The molecule has 0 saturated carbocycles. The predicted molar refractivity (Wildman–Crippen MR) is 56.6 cm³/mol. The second-order valence-corrected chi connectivity index (χ2v) is 5.95. The minimum absolute atomic E-state index is 0.119. The van der Waals surface area contributed by atoms with Gasteiger partial charge in [0.05, 0.1) is 4.90 Å². The highest BCUT2D eigenvalue weighted by Crippen LogP contribution is 2.23. The number of halogens is 2. The van der Waals surface area contributed by atoms with Crippen LogP contribution in [0.1, 0.15) is 11.1 Å². The van der Waals surface area contributed by atoms with E-state index in [1.54, 1.807) is 19.1 Å². The van der Waals surface area contributed by atoms with E-state index in [0.717, 1.165) is 5.56 Å². The molecule has 0 fully saturated rings. The van der Waals surface area contributed by atoms with E-state index in [4.69, 9.17) is 23.6 Å². The Labute approximate surface area is 93.5 Å². The molecule has 0 aromatic heterocycles. The summed E-state index contributed by atoms with van der Waals surface area (Å²) in [5.41, 5.74) is 1.61. The van der Waals surface area contributed by atoms with E-state index in [1.165, 1.54) is 6.07 Å². The molecule has 0 spiro atoms. The summed E-state index contributed by atoms with van der Waals surface area (Å²) in [6.07, 6.45) is 0. The van der Waals surface area contributed by atoms with Gasteiger partial charge in [0.2, 0.25) is 0 Å². The van der Waals surface area contributed by atoms with E-state index in [1.807, 2.05) is 6.92 Å². The van der Waals surface area contributed by atoms with E-state index >= 15 is 0 Å². The molecule has 6 heteroatoms. The van der Waals surface area contributed by atoms with Gasteiger partial charge < -0.3 is 0 Å². The van der Waals surface area contributed by atoms with Crippen molar-refractivity contribution >= 4 is 33.6 Å². The van der Waals surface area contributed by atoms with Crippen molar-refractivity contribution in [2.45, 2.75) is 18.7 Å². The van der Waals surface area contributed by atoms with Crippen LogP contribution in [-0.2, 0) is 10.0 Å². The van der Waals surface area contributed by atoms with Crippen molar-refractivity contribution in [1.82, 2.24) is 3.34 Å². The van der Waals surface area contributed by atoms with Gasteiger partial charge in [0.15, 0.2) is 0 Å². The SMILES string of the molecule is Cc1ccc(S(=O)(=O)N(Cl)Cl)c(C)c1. The Kier molecular flexibility index (Phi) is 3.42. The minimum atomic E-state index is -3.76. The van der Waals surface area contributed by atoms with Crippen LogP contribution >= 0.6 is 23.6 Å². The molecular weight excluding hydrogens is 245 g/mol. The van der Waals surface area contributed by atoms with Crippen LogP contribution in [0.3, 0.4) is 0 Å². The third kappa shape index (κ3) is 2.20. The van der Waals surface area contributed by atoms with Gasteiger partial charge in [0.25, 0.3) is 10.0 Å². The summed E-state index contributed by atoms with van der Waals surface area (Å²) in [7, 11) is -3.76. The van der Waals surface area contributed by atoms with Crippen molar-refractivity contribution in [3.8, 4) is 0 Å². The van der Waals surface area contributed by atoms with Gasteiger partial charge in [-0.1, -0.05) is 17.7 Å². The highest BCUT2D eigenvalue weighted by Gasteiger charge is 2.22. The number of hydrogen-bond acceptors (Lipinski definition) is 2. The lowest BCUT2D eigenvalue weighted by Crippen LogP contribution is -2.13. The number of sulfonamides is 1.